The SMILES string of the molecule is CCCCC/C=C\C/C=C\CCCCCCCCCC(=O)O[C@H](COC(=O)CCCCCCC/C=C\C/C=C\CCCCC)COP(=O)(O)OCCN. The molecule has 0 fully saturated rings. The van der Waals surface area contributed by atoms with Gasteiger partial charge >= 0.3 is 19.8 Å². The van der Waals surface area contributed by atoms with E-state index in [1.807, 2.05) is 0 Å². The molecule has 0 saturated heterocycles. The Kier molecular flexibility index (Phi) is 38.1. The molecule has 1 unspecified atom stereocenters. The zero-order chi connectivity index (χ0) is 38.9. The molecule has 2 atom stereocenters. The molecule has 0 rings (SSSR count). The summed E-state index contributed by atoms with van der Waals surface area (Å²) in [6.45, 7) is 3.65. The third-order valence-corrected chi connectivity index (χ3v) is 9.67. The quantitative estimate of drug-likeness (QED) is 0.0271. The molecule has 0 bridgehead atoms. The van der Waals surface area contributed by atoms with E-state index in [0.717, 1.165) is 70.6 Å². The van der Waals surface area contributed by atoms with Gasteiger partial charge in [0.25, 0.3) is 0 Å². The van der Waals surface area contributed by atoms with Crippen LogP contribution in [0.5, 0.6) is 0 Å². The molecule has 9 nitrogen and oxygen atoms in total. The largest absolute Gasteiger partial charge is 0.472 e. The van der Waals surface area contributed by atoms with Crippen molar-refractivity contribution in [2.24, 2.45) is 5.73 Å². The van der Waals surface area contributed by atoms with Crippen LogP contribution in [-0.2, 0) is 32.7 Å². The van der Waals surface area contributed by atoms with Gasteiger partial charge in [0.2, 0.25) is 0 Å². The minimum absolute atomic E-state index is 0.0484. The maximum atomic E-state index is 12.6. The fourth-order valence-electron chi connectivity index (χ4n) is 5.52. The number of unbranched alkanes of at least 4 members (excludes halogenated alkanes) is 18. The van der Waals surface area contributed by atoms with Gasteiger partial charge in [-0.15, -0.1) is 0 Å². The Hall–Kier alpha value is -2.03. The Morgan fingerprint density at radius 1 is 0.566 bits per heavy atom. The fraction of sp³-hybridized carbons (Fsp3) is 0.767. The van der Waals surface area contributed by atoms with Crippen molar-refractivity contribution in [3.63, 3.8) is 0 Å². The summed E-state index contributed by atoms with van der Waals surface area (Å²) < 4.78 is 32.7. The maximum absolute atomic E-state index is 12.6. The highest BCUT2D eigenvalue weighted by Gasteiger charge is 2.26. The first kappa shape index (κ1) is 51.0. The van der Waals surface area contributed by atoms with E-state index in [1.54, 1.807) is 0 Å². The van der Waals surface area contributed by atoms with Gasteiger partial charge in [0.1, 0.15) is 6.61 Å². The molecule has 0 radical (unpaired) electrons. The molecular formula is C43H78NO8P. The average Bonchev–Trinajstić information content (AvgIpc) is 3.14. The molecule has 0 aromatic carbocycles. The van der Waals surface area contributed by atoms with Crippen molar-refractivity contribution in [1.29, 1.82) is 0 Å². The molecule has 10 heteroatoms. The van der Waals surface area contributed by atoms with Crippen LogP contribution in [0.4, 0.5) is 0 Å². The fourth-order valence-corrected chi connectivity index (χ4v) is 6.28. The molecule has 0 spiro atoms. The number of allylic oxidation sites excluding steroid dienone is 8. The molecule has 53 heavy (non-hydrogen) atoms. The number of rotatable bonds is 39. The van der Waals surface area contributed by atoms with Crippen LogP contribution in [0.25, 0.3) is 0 Å². The first-order valence-corrected chi connectivity index (χ1v) is 22.6. The van der Waals surface area contributed by atoms with E-state index in [2.05, 4.69) is 62.5 Å². The summed E-state index contributed by atoms with van der Waals surface area (Å²) in [6.07, 6.45) is 44.2. The zero-order valence-electron chi connectivity index (χ0n) is 33.7. The highest BCUT2D eigenvalue weighted by molar-refractivity contribution is 7.47. The van der Waals surface area contributed by atoms with Crippen molar-refractivity contribution in [3.8, 4) is 0 Å². The zero-order valence-corrected chi connectivity index (χ0v) is 34.6. The average molecular weight is 768 g/mol. The Balaban J connectivity index is 4.21. The summed E-state index contributed by atoms with van der Waals surface area (Å²) in [5, 5.41) is 0. The lowest BCUT2D eigenvalue weighted by Crippen LogP contribution is -2.29. The van der Waals surface area contributed by atoms with E-state index in [9.17, 15) is 19.0 Å². The highest BCUT2D eigenvalue weighted by atomic mass is 31.2. The smallest absolute Gasteiger partial charge is 0.462 e. The molecule has 0 amide bonds. The van der Waals surface area contributed by atoms with Crippen molar-refractivity contribution < 1.29 is 37.6 Å². The Labute approximate surface area is 324 Å². The first-order valence-electron chi connectivity index (χ1n) is 21.1. The number of carbonyl (C=O) groups is 2. The molecular weight excluding hydrogens is 689 g/mol. The number of hydrogen-bond donors (Lipinski definition) is 2. The number of ether oxygens (including phenoxy) is 2. The van der Waals surface area contributed by atoms with Crippen LogP contribution in [0.2, 0.25) is 0 Å². The Morgan fingerprint density at radius 2 is 0.981 bits per heavy atom. The van der Waals surface area contributed by atoms with E-state index < -0.39 is 32.5 Å². The molecule has 0 aromatic rings. The Morgan fingerprint density at radius 3 is 1.43 bits per heavy atom. The van der Waals surface area contributed by atoms with Gasteiger partial charge in [0.15, 0.2) is 6.10 Å². The molecule has 3 N–H and O–H groups in total. The van der Waals surface area contributed by atoms with Crippen LogP contribution >= 0.6 is 7.82 Å². The van der Waals surface area contributed by atoms with Crippen LogP contribution in [-0.4, -0.2) is 49.3 Å². The van der Waals surface area contributed by atoms with Crippen LogP contribution in [0.15, 0.2) is 48.6 Å². The topological polar surface area (TPSA) is 134 Å². The lowest BCUT2D eigenvalue weighted by Gasteiger charge is -2.19. The maximum Gasteiger partial charge on any atom is 0.472 e. The molecule has 308 valence electrons. The predicted octanol–water partition coefficient (Wildman–Crippen LogP) is 11.9. The number of carbonyl (C=O) groups excluding carboxylic acids is 2. The van der Waals surface area contributed by atoms with Gasteiger partial charge < -0.3 is 20.1 Å². The highest BCUT2D eigenvalue weighted by Crippen LogP contribution is 2.43. The summed E-state index contributed by atoms with van der Waals surface area (Å²) in [4.78, 5) is 34.8. The number of nitrogens with two attached hydrogens (primary N) is 1. The normalized spacial score (nSPS) is 13.8. The molecule has 0 aliphatic heterocycles. The van der Waals surface area contributed by atoms with Crippen molar-refractivity contribution >= 4 is 19.8 Å². The monoisotopic (exact) mass is 768 g/mol. The van der Waals surface area contributed by atoms with E-state index in [1.165, 1.54) is 70.6 Å². The van der Waals surface area contributed by atoms with Gasteiger partial charge in [-0.05, 0) is 77.0 Å². The minimum atomic E-state index is -4.38. The van der Waals surface area contributed by atoms with Crippen molar-refractivity contribution in [1.82, 2.24) is 0 Å². The summed E-state index contributed by atoms with van der Waals surface area (Å²) >= 11 is 0. The van der Waals surface area contributed by atoms with Gasteiger partial charge in [-0.25, -0.2) is 4.57 Å². The van der Waals surface area contributed by atoms with Crippen molar-refractivity contribution in [2.45, 2.75) is 187 Å². The van der Waals surface area contributed by atoms with Crippen molar-refractivity contribution in [2.75, 3.05) is 26.4 Å². The summed E-state index contributed by atoms with van der Waals surface area (Å²) in [5.74, 6) is -0.855. The van der Waals surface area contributed by atoms with E-state index >= 15 is 0 Å². The molecule has 0 aliphatic rings. The van der Waals surface area contributed by atoms with Gasteiger partial charge in [-0.2, -0.15) is 0 Å². The van der Waals surface area contributed by atoms with Crippen LogP contribution in [0, 0.1) is 0 Å². The number of phosphoric acid groups is 1. The number of esters is 2. The second-order valence-electron chi connectivity index (χ2n) is 13.8. The van der Waals surface area contributed by atoms with Crippen LogP contribution < -0.4 is 5.73 Å². The van der Waals surface area contributed by atoms with E-state index in [0.29, 0.717) is 12.8 Å². The summed E-state index contributed by atoms with van der Waals surface area (Å²) in [5.41, 5.74) is 5.34. The van der Waals surface area contributed by atoms with Crippen molar-refractivity contribution in [3.05, 3.63) is 48.6 Å². The molecule has 0 saturated carbocycles. The first-order chi connectivity index (χ1) is 25.8. The van der Waals surface area contributed by atoms with E-state index in [-0.39, 0.29) is 32.6 Å². The van der Waals surface area contributed by atoms with Gasteiger partial charge in [0, 0.05) is 19.4 Å². The summed E-state index contributed by atoms with van der Waals surface area (Å²) in [7, 11) is -4.38. The molecule has 0 heterocycles. The summed E-state index contributed by atoms with van der Waals surface area (Å²) in [6, 6.07) is 0. The Bertz CT molecular complexity index is 1010. The third-order valence-electron chi connectivity index (χ3n) is 8.69. The van der Waals surface area contributed by atoms with Gasteiger partial charge in [-0.1, -0.05) is 140 Å². The standard InChI is InChI=1S/C43H78NO8P/c1-3-5-7-9-11-13-15-17-19-20-22-24-26-28-30-32-34-36-43(46)52-41(40-51-53(47,48)50-38-37-44)39-49-42(45)35-33-31-29-27-25-23-21-18-16-14-12-10-8-6-4-2/h11-14,17-19,21,41H,3-10,15-16,20,22-40,44H2,1-2H3,(H,47,48)/b13-11-,14-12-,19-17-,21-18-/t41-/m1/s1. The van der Waals surface area contributed by atoms with Crippen LogP contribution in [0.1, 0.15) is 181 Å². The van der Waals surface area contributed by atoms with Gasteiger partial charge in [0.05, 0.1) is 13.2 Å². The van der Waals surface area contributed by atoms with Gasteiger partial charge in [-0.3, -0.25) is 18.6 Å². The lowest BCUT2D eigenvalue weighted by molar-refractivity contribution is -0.161. The molecule has 0 aromatic heterocycles. The predicted molar refractivity (Wildman–Crippen MR) is 220 cm³/mol. The van der Waals surface area contributed by atoms with E-state index in [4.69, 9.17) is 24.3 Å². The minimum Gasteiger partial charge on any atom is -0.462 e. The number of phosphoric ester groups is 1. The number of hydrogen-bond acceptors (Lipinski definition) is 8. The second-order valence-corrected chi connectivity index (χ2v) is 15.3. The van der Waals surface area contributed by atoms with Crippen LogP contribution in [0.3, 0.4) is 0 Å². The second kappa shape index (κ2) is 39.7. The lowest BCUT2D eigenvalue weighted by atomic mass is 10.1. The third kappa shape index (κ3) is 39.5. The molecule has 0 aliphatic carbocycles.